The molecule has 0 unspecified atom stereocenters. The number of amides is 1. The Morgan fingerprint density at radius 1 is 1.10 bits per heavy atom. The fourth-order valence-electron chi connectivity index (χ4n) is 3.24. The van der Waals surface area contributed by atoms with Crippen LogP contribution in [0.4, 0.5) is 10.1 Å². The lowest BCUT2D eigenvalue weighted by molar-refractivity contribution is -0.136. The number of hydrogen-bond acceptors (Lipinski definition) is 7. The van der Waals surface area contributed by atoms with Crippen LogP contribution in [0.3, 0.4) is 0 Å². The highest BCUT2D eigenvalue weighted by atomic mass is 19.1. The Balaban J connectivity index is 1.94. The van der Waals surface area contributed by atoms with Gasteiger partial charge in [0.15, 0.2) is 0 Å². The fourth-order valence-corrected chi connectivity index (χ4v) is 3.24. The molecule has 31 heavy (non-hydrogen) atoms. The molecule has 1 aliphatic rings. The van der Waals surface area contributed by atoms with Gasteiger partial charge in [0.05, 0.1) is 38.5 Å². The lowest BCUT2D eigenvalue weighted by Crippen LogP contribution is -2.31. The molecule has 2 aromatic carbocycles. The minimum atomic E-state index is -0.790. The summed E-state index contributed by atoms with van der Waals surface area (Å²) in [6, 6.07) is 10.9. The molecular weight excluding hydrogens is 407 g/mol. The number of nitrogens with zero attached hydrogens (tertiary/aromatic N) is 1. The zero-order chi connectivity index (χ0) is 22.5. The zero-order valence-corrected chi connectivity index (χ0v) is 17.0. The molecule has 3 rings (SSSR count). The number of aliphatic hydroxyl groups excluding tert-OH is 1. The van der Waals surface area contributed by atoms with Gasteiger partial charge in [-0.15, -0.1) is 0 Å². The number of carbonyl (C=O) groups excluding carboxylic acids is 3. The molecule has 0 spiro atoms. The van der Waals surface area contributed by atoms with Gasteiger partial charge in [0.25, 0.3) is 5.91 Å². The third-order valence-corrected chi connectivity index (χ3v) is 4.79. The average molecular weight is 428 g/mol. The minimum Gasteiger partial charge on any atom is -0.466 e. The predicted molar refractivity (Wildman–Crippen MR) is 110 cm³/mol. The number of carbonyl (C=O) groups is 3. The van der Waals surface area contributed by atoms with Crippen molar-refractivity contribution in [2.45, 2.75) is 0 Å². The van der Waals surface area contributed by atoms with Crippen molar-refractivity contribution in [3.8, 4) is 11.1 Å². The van der Waals surface area contributed by atoms with E-state index in [2.05, 4.69) is 10.1 Å². The van der Waals surface area contributed by atoms with E-state index >= 15 is 0 Å². The quantitative estimate of drug-likeness (QED) is 0.650. The fraction of sp³-hybridized carbons (Fsp3) is 0.227. The van der Waals surface area contributed by atoms with Gasteiger partial charge < -0.3 is 24.8 Å². The summed E-state index contributed by atoms with van der Waals surface area (Å²) in [5, 5.41) is 12.1. The van der Waals surface area contributed by atoms with E-state index in [4.69, 9.17) is 9.84 Å². The molecule has 0 radical (unpaired) electrons. The van der Waals surface area contributed by atoms with E-state index in [1.807, 2.05) is 0 Å². The Labute approximate surface area is 177 Å². The summed E-state index contributed by atoms with van der Waals surface area (Å²) in [6.45, 7) is -0.138. The zero-order valence-electron chi connectivity index (χ0n) is 17.0. The second kappa shape index (κ2) is 9.40. The van der Waals surface area contributed by atoms with Crippen molar-refractivity contribution in [3.63, 3.8) is 0 Å². The number of aliphatic hydroxyl groups is 1. The van der Waals surface area contributed by atoms with Gasteiger partial charge in [-0.2, -0.15) is 0 Å². The van der Waals surface area contributed by atoms with Crippen molar-refractivity contribution < 1.29 is 33.4 Å². The summed E-state index contributed by atoms with van der Waals surface area (Å²) in [4.78, 5) is 37.9. The van der Waals surface area contributed by atoms with Crippen molar-refractivity contribution in [1.29, 1.82) is 0 Å². The van der Waals surface area contributed by atoms with Crippen LogP contribution in [0.15, 0.2) is 53.7 Å². The van der Waals surface area contributed by atoms with Gasteiger partial charge in [-0.1, -0.05) is 18.2 Å². The summed E-state index contributed by atoms with van der Waals surface area (Å²) in [5.41, 5.74) is 1.73. The lowest BCUT2D eigenvalue weighted by atomic mass is 10.0. The molecule has 0 saturated carbocycles. The first-order valence-corrected chi connectivity index (χ1v) is 9.36. The van der Waals surface area contributed by atoms with Crippen molar-refractivity contribution in [1.82, 2.24) is 4.90 Å². The van der Waals surface area contributed by atoms with Crippen LogP contribution in [0.25, 0.3) is 11.1 Å². The van der Waals surface area contributed by atoms with E-state index in [1.165, 1.54) is 37.3 Å². The second-order valence-corrected chi connectivity index (χ2v) is 6.69. The van der Waals surface area contributed by atoms with Crippen LogP contribution < -0.4 is 5.32 Å². The molecule has 0 aliphatic carbocycles. The van der Waals surface area contributed by atoms with Crippen molar-refractivity contribution in [2.75, 3.05) is 39.2 Å². The summed E-state index contributed by atoms with van der Waals surface area (Å²) >= 11 is 0. The molecule has 1 amide bonds. The highest BCUT2D eigenvalue weighted by Gasteiger charge is 2.34. The van der Waals surface area contributed by atoms with Gasteiger partial charge in [0.1, 0.15) is 11.5 Å². The third-order valence-electron chi connectivity index (χ3n) is 4.79. The average Bonchev–Trinajstić information content (AvgIpc) is 3.08. The SMILES string of the molecule is COC(=O)C1=C(Nc2cccc(-c3ccc(F)c(C(=O)OC)c3)c2)C(=O)N(CCO)C1. The number of β-amino-alcohol motifs (C(OH)–C–C–N with tert-alkyl or cyclic N) is 1. The van der Waals surface area contributed by atoms with Crippen molar-refractivity contribution >= 4 is 23.5 Å². The standard InChI is InChI=1S/C22H21FN2O6/c1-30-21(28)16-11-14(6-7-18(16)23)13-4-3-5-15(10-13)24-19-17(22(29)31-2)12-25(8-9-26)20(19)27/h3-7,10-11,24,26H,8-9,12H2,1-2H3. The van der Waals surface area contributed by atoms with E-state index in [1.54, 1.807) is 24.3 Å². The highest BCUT2D eigenvalue weighted by molar-refractivity contribution is 6.08. The third kappa shape index (κ3) is 4.56. The maximum absolute atomic E-state index is 13.9. The van der Waals surface area contributed by atoms with E-state index in [0.717, 1.165) is 0 Å². The largest absolute Gasteiger partial charge is 0.466 e. The van der Waals surface area contributed by atoms with Crippen LogP contribution in [0.5, 0.6) is 0 Å². The first kappa shape index (κ1) is 22.0. The molecule has 9 heteroatoms. The van der Waals surface area contributed by atoms with Crippen LogP contribution in [0.1, 0.15) is 10.4 Å². The first-order valence-electron chi connectivity index (χ1n) is 9.36. The summed E-state index contributed by atoms with van der Waals surface area (Å²) in [5.74, 6) is -2.57. The number of nitrogens with one attached hydrogen (secondary N) is 1. The smallest absolute Gasteiger partial charge is 0.340 e. The van der Waals surface area contributed by atoms with Gasteiger partial charge >= 0.3 is 11.9 Å². The number of rotatable bonds is 7. The molecule has 8 nitrogen and oxygen atoms in total. The summed E-state index contributed by atoms with van der Waals surface area (Å²) in [6.07, 6.45) is 0. The van der Waals surface area contributed by atoms with Crippen LogP contribution in [-0.4, -0.2) is 61.8 Å². The van der Waals surface area contributed by atoms with Crippen molar-refractivity contribution in [3.05, 3.63) is 65.1 Å². The van der Waals surface area contributed by atoms with Gasteiger partial charge in [-0.3, -0.25) is 4.79 Å². The number of hydrogen-bond donors (Lipinski definition) is 2. The number of anilines is 1. The first-order chi connectivity index (χ1) is 14.9. The molecule has 0 bridgehead atoms. The maximum Gasteiger partial charge on any atom is 0.340 e. The molecule has 0 aromatic heterocycles. The Kier molecular flexibility index (Phi) is 6.66. The number of halogens is 1. The molecule has 0 atom stereocenters. The molecule has 1 aliphatic heterocycles. The molecule has 0 saturated heterocycles. The van der Waals surface area contributed by atoms with Crippen LogP contribution >= 0.6 is 0 Å². The summed E-state index contributed by atoms with van der Waals surface area (Å²) in [7, 11) is 2.39. The van der Waals surface area contributed by atoms with Crippen LogP contribution in [-0.2, 0) is 19.1 Å². The topological polar surface area (TPSA) is 105 Å². The van der Waals surface area contributed by atoms with Crippen molar-refractivity contribution in [2.24, 2.45) is 0 Å². The number of ether oxygens (including phenoxy) is 2. The Morgan fingerprint density at radius 3 is 2.48 bits per heavy atom. The molecular formula is C22H21FN2O6. The maximum atomic E-state index is 13.9. The van der Waals surface area contributed by atoms with Gasteiger partial charge in [-0.25, -0.2) is 14.0 Å². The number of esters is 2. The molecule has 2 aromatic rings. The van der Waals surface area contributed by atoms with Crippen LogP contribution in [0, 0.1) is 5.82 Å². The normalized spacial score (nSPS) is 13.4. The Morgan fingerprint density at radius 2 is 1.81 bits per heavy atom. The summed E-state index contributed by atoms with van der Waals surface area (Å²) < 4.78 is 23.3. The lowest BCUT2D eigenvalue weighted by Gasteiger charge is -2.15. The molecule has 1 heterocycles. The Hall–Kier alpha value is -3.72. The van der Waals surface area contributed by atoms with E-state index in [-0.39, 0.29) is 36.5 Å². The minimum absolute atomic E-state index is 0.0224. The van der Waals surface area contributed by atoms with Gasteiger partial charge in [0.2, 0.25) is 0 Å². The number of methoxy groups -OCH3 is 2. The van der Waals surface area contributed by atoms with Gasteiger partial charge in [-0.05, 0) is 35.4 Å². The Bertz CT molecular complexity index is 1070. The molecule has 162 valence electrons. The molecule has 2 N–H and O–H groups in total. The number of benzene rings is 2. The van der Waals surface area contributed by atoms with E-state index < -0.39 is 23.7 Å². The van der Waals surface area contributed by atoms with E-state index in [9.17, 15) is 18.8 Å². The monoisotopic (exact) mass is 428 g/mol. The molecule has 0 fully saturated rings. The van der Waals surface area contributed by atoms with Gasteiger partial charge in [0, 0.05) is 12.2 Å². The second-order valence-electron chi connectivity index (χ2n) is 6.69. The predicted octanol–water partition coefficient (Wildman–Crippen LogP) is 1.95. The highest BCUT2D eigenvalue weighted by Crippen LogP contribution is 2.28. The van der Waals surface area contributed by atoms with Crippen LogP contribution in [0.2, 0.25) is 0 Å². The van der Waals surface area contributed by atoms with E-state index in [0.29, 0.717) is 16.8 Å².